The van der Waals surface area contributed by atoms with Gasteiger partial charge in [-0.1, -0.05) is 6.92 Å². The molecule has 2 aromatic rings. The topological polar surface area (TPSA) is 46.7 Å². The Kier molecular flexibility index (Phi) is 7.25. The van der Waals surface area contributed by atoms with Gasteiger partial charge in [0.25, 0.3) is 0 Å². The molecule has 2 saturated heterocycles. The fourth-order valence-electron chi connectivity index (χ4n) is 4.78. The van der Waals surface area contributed by atoms with Crippen molar-refractivity contribution < 1.29 is 0 Å². The molecule has 2 aliphatic rings. The highest BCUT2D eigenvalue weighted by Gasteiger charge is 2.20. The van der Waals surface area contributed by atoms with Gasteiger partial charge in [-0.2, -0.15) is 0 Å². The number of nitrogens with one attached hydrogen (secondary N) is 2. The third-order valence-electron chi connectivity index (χ3n) is 6.84. The molecule has 7 heteroatoms. The highest BCUT2D eigenvalue weighted by molar-refractivity contribution is 7.80. The van der Waals surface area contributed by atoms with Crippen LogP contribution in [0.4, 0.5) is 11.5 Å². The van der Waals surface area contributed by atoms with Crippen LogP contribution in [-0.4, -0.2) is 78.8 Å². The third-order valence-corrected chi connectivity index (χ3v) is 7.08. The van der Waals surface area contributed by atoms with E-state index in [2.05, 4.69) is 70.5 Å². The molecule has 4 rings (SSSR count). The van der Waals surface area contributed by atoms with Gasteiger partial charge in [0.15, 0.2) is 5.11 Å². The summed E-state index contributed by atoms with van der Waals surface area (Å²) >= 11 is 5.52. The predicted molar refractivity (Wildman–Crippen MR) is 135 cm³/mol. The van der Waals surface area contributed by atoms with Gasteiger partial charge in [-0.05, 0) is 88.4 Å². The Labute approximate surface area is 192 Å². The van der Waals surface area contributed by atoms with Crippen molar-refractivity contribution >= 4 is 39.7 Å². The summed E-state index contributed by atoms with van der Waals surface area (Å²) in [6, 6.07) is 9.25. The first-order valence-corrected chi connectivity index (χ1v) is 12.1. The summed E-state index contributed by atoms with van der Waals surface area (Å²) in [5, 5.41) is 8.59. The molecule has 1 unspecified atom stereocenters. The van der Waals surface area contributed by atoms with Crippen molar-refractivity contribution in [2.45, 2.75) is 39.2 Å². The first kappa shape index (κ1) is 22.2. The Morgan fingerprint density at radius 1 is 1.16 bits per heavy atom. The zero-order valence-electron chi connectivity index (χ0n) is 19.2. The number of hydrogen-bond donors (Lipinski definition) is 2. The average molecular weight is 441 g/mol. The Balaban J connectivity index is 1.36. The van der Waals surface area contributed by atoms with Crippen LogP contribution in [0.15, 0.2) is 24.3 Å². The molecule has 2 N–H and O–H groups in total. The average Bonchev–Trinajstić information content (AvgIpc) is 3.18. The van der Waals surface area contributed by atoms with Gasteiger partial charge in [0.05, 0.1) is 5.52 Å². The Bertz CT molecular complexity index is 908. The van der Waals surface area contributed by atoms with Gasteiger partial charge >= 0.3 is 0 Å². The molecule has 2 fully saturated rings. The zero-order valence-corrected chi connectivity index (χ0v) is 20.0. The third kappa shape index (κ3) is 5.45. The van der Waals surface area contributed by atoms with Crippen LogP contribution >= 0.6 is 12.2 Å². The summed E-state index contributed by atoms with van der Waals surface area (Å²) in [5.74, 6) is 1.09. The second kappa shape index (κ2) is 10.1. The molecule has 1 atom stereocenters. The number of thiocarbonyl (C=S) groups is 1. The maximum absolute atomic E-state index is 5.52. The quantitative estimate of drug-likeness (QED) is 0.667. The number of aromatic nitrogens is 1. The molecule has 168 valence electrons. The van der Waals surface area contributed by atoms with Gasteiger partial charge in [-0.3, -0.25) is 0 Å². The monoisotopic (exact) mass is 440 g/mol. The largest absolute Gasteiger partial charge is 0.362 e. The molecule has 0 spiro atoms. The van der Waals surface area contributed by atoms with Crippen molar-refractivity contribution in [1.29, 1.82) is 0 Å². The van der Waals surface area contributed by atoms with Crippen molar-refractivity contribution in [2.24, 2.45) is 0 Å². The smallest absolute Gasteiger partial charge is 0.170 e. The first-order valence-electron chi connectivity index (χ1n) is 11.7. The summed E-state index contributed by atoms with van der Waals surface area (Å²) < 4.78 is 0. The van der Waals surface area contributed by atoms with Gasteiger partial charge in [0, 0.05) is 49.8 Å². The lowest BCUT2D eigenvalue weighted by Gasteiger charge is -2.35. The van der Waals surface area contributed by atoms with Gasteiger partial charge < -0.3 is 25.3 Å². The molecule has 0 saturated carbocycles. The number of anilines is 2. The van der Waals surface area contributed by atoms with E-state index >= 15 is 0 Å². The minimum Gasteiger partial charge on any atom is -0.362 e. The van der Waals surface area contributed by atoms with E-state index in [0.717, 1.165) is 62.7 Å². The van der Waals surface area contributed by atoms with Crippen LogP contribution in [0.2, 0.25) is 0 Å². The van der Waals surface area contributed by atoms with E-state index in [1.54, 1.807) is 0 Å². The van der Waals surface area contributed by atoms with Gasteiger partial charge in [0.1, 0.15) is 5.82 Å². The fraction of sp³-hybridized carbons (Fsp3) is 0.583. The highest BCUT2D eigenvalue weighted by Crippen LogP contribution is 2.26. The number of likely N-dealkylation sites (N-methyl/N-ethyl adjacent to an activating group) is 1. The number of nitrogens with zero attached hydrogens (tertiary/aromatic N) is 4. The number of pyridine rings is 1. The molecule has 31 heavy (non-hydrogen) atoms. The molecule has 6 nitrogen and oxygen atoms in total. The van der Waals surface area contributed by atoms with Crippen molar-refractivity contribution in [3.05, 3.63) is 29.8 Å². The second-order valence-electron chi connectivity index (χ2n) is 8.90. The van der Waals surface area contributed by atoms with Crippen molar-refractivity contribution in [2.75, 3.05) is 63.1 Å². The van der Waals surface area contributed by atoms with Crippen LogP contribution in [0.3, 0.4) is 0 Å². The zero-order chi connectivity index (χ0) is 21.8. The number of likely N-dealkylation sites (tertiary alicyclic amines) is 1. The van der Waals surface area contributed by atoms with E-state index in [-0.39, 0.29) is 0 Å². The number of hydrogen-bond acceptors (Lipinski definition) is 5. The van der Waals surface area contributed by atoms with Crippen LogP contribution in [0, 0.1) is 6.92 Å². The summed E-state index contributed by atoms with van der Waals surface area (Å²) in [7, 11) is 2.22. The van der Waals surface area contributed by atoms with Crippen LogP contribution in [0.5, 0.6) is 0 Å². The molecule has 1 aromatic heterocycles. The van der Waals surface area contributed by atoms with Crippen molar-refractivity contribution in [3.8, 4) is 0 Å². The van der Waals surface area contributed by atoms with Crippen molar-refractivity contribution in [1.82, 2.24) is 20.1 Å². The van der Waals surface area contributed by atoms with E-state index in [1.807, 2.05) is 0 Å². The van der Waals surface area contributed by atoms with Gasteiger partial charge in [-0.15, -0.1) is 0 Å². The maximum atomic E-state index is 5.52. The van der Waals surface area contributed by atoms with Crippen LogP contribution < -0.4 is 15.5 Å². The van der Waals surface area contributed by atoms with E-state index < -0.39 is 0 Å². The molecule has 1 aromatic carbocycles. The standard InChI is InChI=1S/C24H36N6S/c1-4-29-12-14-30(15-13-29)23-16-18(2)21-17-19(7-8-22(21)27-23)26-24(31)25-10-9-20-6-5-11-28(20)3/h7-8,16-17,20H,4-6,9-15H2,1-3H3,(H2,25,26,31). The van der Waals surface area contributed by atoms with Crippen LogP contribution in [-0.2, 0) is 0 Å². The number of fused-ring (bicyclic) bond motifs is 1. The number of benzene rings is 1. The number of rotatable bonds is 6. The SMILES string of the molecule is CCN1CCN(c2cc(C)c3cc(NC(=S)NCCC4CCCN4C)ccc3n2)CC1. The predicted octanol–water partition coefficient (Wildman–Crippen LogP) is 3.46. The highest BCUT2D eigenvalue weighted by atomic mass is 32.1. The molecule has 3 heterocycles. The van der Waals surface area contributed by atoms with Gasteiger partial charge in [0.2, 0.25) is 0 Å². The molecule has 0 aliphatic carbocycles. The molecule has 0 bridgehead atoms. The van der Waals surface area contributed by atoms with Crippen LogP contribution in [0.1, 0.15) is 31.7 Å². The lowest BCUT2D eigenvalue weighted by Crippen LogP contribution is -2.46. The van der Waals surface area contributed by atoms with Crippen LogP contribution in [0.25, 0.3) is 10.9 Å². The Morgan fingerprint density at radius 3 is 2.68 bits per heavy atom. The van der Waals surface area contributed by atoms with E-state index in [0.29, 0.717) is 11.2 Å². The minimum absolute atomic E-state index is 0.684. The minimum atomic E-state index is 0.684. The summed E-state index contributed by atoms with van der Waals surface area (Å²) in [6.45, 7) is 12.0. The number of aryl methyl sites for hydroxylation is 1. The van der Waals surface area contributed by atoms with Crippen molar-refractivity contribution in [3.63, 3.8) is 0 Å². The molecule has 0 radical (unpaired) electrons. The van der Waals surface area contributed by atoms with E-state index in [1.165, 1.54) is 30.3 Å². The number of piperazine rings is 1. The Hall–Kier alpha value is -1.96. The fourth-order valence-corrected chi connectivity index (χ4v) is 5.00. The van der Waals surface area contributed by atoms with E-state index in [9.17, 15) is 0 Å². The second-order valence-corrected chi connectivity index (χ2v) is 9.31. The molecule has 2 aliphatic heterocycles. The van der Waals surface area contributed by atoms with E-state index in [4.69, 9.17) is 17.2 Å². The maximum Gasteiger partial charge on any atom is 0.170 e. The normalized spacial score (nSPS) is 20.4. The summed E-state index contributed by atoms with van der Waals surface area (Å²) in [4.78, 5) is 12.3. The molecular weight excluding hydrogens is 404 g/mol. The first-order chi connectivity index (χ1) is 15.0. The lowest BCUT2D eigenvalue weighted by molar-refractivity contribution is 0.270. The lowest BCUT2D eigenvalue weighted by atomic mass is 10.1. The molecular formula is C24H36N6S. The molecule has 0 amide bonds. The summed E-state index contributed by atoms with van der Waals surface area (Å²) in [6.07, 6.45) is 3.74. The van der Waals surface area contributed by atoms with Gasteiger partial charge in [-0.25, -0.2) is 4.98 Å². The summed E-state index contributed by atoms with van der Waals surface area (Å²) in [5.41, 5.74) is 3.31. The Morgan fingerprint density at radius 2 is 1.97 bits per heavy atom.